The highest BCUT2D eigenvalue weighted by atomic mass is 32.1. The van der Waals surface area contributed by atoms with Crippen LogP contribution in [-0.2, 0) is 11.2 Å². The molecule has 0 aliphatic carbocycles. The summed E-state index contributed by atoms with van der Waals surface area (Å²) >= 11 is 1.02. The average Bonchev–Trinajstić information content (AvgIpc) is 3.21. The molecule has 7 nitrogen and oxygen atoms in total. The van der Waals surface area contributed by atoms with Crippen LogP contribution in [0.15, 0.2) is 64.2 Å². The molecule has 30 heavy (non-hydrogen) atoms. The van der Waals surface area contributed by atoms with Crippen molar-refractivity contribution in [2.24, 2.45) is 0 Å². The van der Waals surface area contributed by atoms with Gasteiger partial charge in [-0.1, -0.05) is 59.9 Å². The van der Waals surface area contributed by atoms with Gasteiger partial charge in [0.05, 0.1) is 11.3 Å². The summed E-state index contributed by atoms with van der Waals surface area (Å²) in [4.78, 5) is 44.6. The average molecular weight is 416 g/mol. The molecule has 8 heteroatoms. The van der Waals surface area contributed by atoms with Crippen molar-refractivity contribution in [3.05, 3.63) is 96.7 Å². The fourth-order valence-corrected chi connectivity index (χ4v) is 4.70. The number of amides is 1. The van der Waals surface area contributed by atoms with Gasteiger partial charge in [0.1, 0.15) is 10.2 Å². The van der Waals surface area contributed by atoms with E-state index in [1.807, 2.05) is 61.5 Å². The SMILES string of the molecule is CCN1C(=O)C(=c2sc3nc(=O)c(Cc4ccccc4)nn3c2=O)c2ccccc21. The summed E-state index contributed by atoms with van der Waals surface area (Å²) in [6.45, 7) is 2.38. The normalized spacial score (nSPS) is 15.1. The molecule has 3 heterocycles. The number of carbonyl (C=O) groups is 1. The number of aromatic nitrogens is 3. The van der Waals surface area contributed by atoms with Crippen molar-refractivity contribution < 1.29 is 4.79 Å². The zero-order valence-electron chi connectivity index (χ0n) is 16.0. The van der Waals surface area contributed by atoms with Gasteiger partial charge in [-0.05, 0) is 18.6 Å². The number of nitrogens with zero attached hydrogens (tertiary/aromatic N) is 4. The Morgan fingerprint density at radius 3 is 2.47 bits per heavy atom. The Balaban J connectivity index is 1.74. The van der Waals surface area contributed by atoms with Gasteiger partial charge >= 0.3 is 0 Å². The second kappa shape index (κ2) is 7.00. The third kappa shape index (κ3) is 2.76. The minimum absolute atomic E-state index is 0.185. The number of fused-ring (bicyclic) bond motifs is 2. The van der Waals surface area contributed by atoms with Crippen molar-refractivity contribution in [1.82, 2.24) is 14.6 Å². The molecule has 1 aliphatic heterocycles. The minimum Gasteiger partial charge on any atom is -0.308 e. The molecule has 0 radical (unpaired) electrons. The lowest BCUT2D eigenvalue weighted by Gasteiger charge is -2.13. The van der Waals surface area contributed by atoms with Crippen LogP contribution in [0.3, 0.4) is 0 Å². The molecule has 0 saturated carbocycles. The van der Waals surface area contributed by atoms with E-state index in [-0.39, 0.29) is 27.5 Å². The van der Waals surface area contributed by atoms with Gasteiger partial charge in [0.2, 0.25) is 4.96 Å². The molecule has 1 amide bonds. The van der Waals surface area contributed by atoms with Crippen molar-refractivity contribution in [2.45, 2.75) is 13.3 Å². The Bertz CT molecular complexity index is 1470. The second-order valence-corrected chi connectivity index (χ2v) is 7.88. The van der Waals surface area contributed by atoms with Gasteiger partial charge in [-0.15, -0.1) is 0 Å². The smallest absolute Gasteiger partial charge is 0.296 e. The molecule has 0 spiro atoms. The summed E-state index contributed by atoms with van der Waals surface area (Å²) in [6, 6.07) is 16.8. The maximum absolute atomic E-state index is 13.2. The number of thiazole rings is 1. The second-order valence-electron chi connectivity index (χ2n) is 6.90. The van der Waals surface area contributed by atoms with E-state index in [4.69, 9.17) is 0 Å². The Morgan fingerprint density at radius 2 is 1.70 bits per heavy atom. The molecule has 0 unspecified atom stereocenters. The zero-order chi connectivity index (χ0) is 20.8. The highest BCUT2D eigenvalue weighted by Crippen LogP contribution is 2.34. The van der Waals surface area contributed by atoms with Gasteiger partial charge in [0.25, 0.3) is 17.0 Å². The van der Waals surface area contributed by atoms with E-state index in [0.29, 0.717) is 17.7 Å². The van der Waals surface area contributed by atoms with E-state index in [1.54, 1.807) is 4.90 Å². The third-order valence-corrected chi connectivity index (χ3v) is 6.14. The molecular weight excluding hydrogens is 400 g/mol. The number of hydrogen-bond donors (Lipinski definition) is 0. The highest BCUT2D eigenvalue weighted by molar-refractivity contribution is 7.15. The first-order chi connectivity index (χ1) is 14.6. The summed E-state index contributed by atoms with van der Waals surface area (Å²) in [5.74, 6) is -0.227. The molecule has 5 rings (SSSR count). The van der Waals surface area contributed by atoms with E-state index in [2.05, 4.69) is 10.1 Å². The van der Waals surface area contributed by atoms with Crippen molar-refractivity contribution in [2.75, 3.05) is 11.4 Å². The Morgan fingerprint density at radius 1 is 0.967 bits per heavy atom. The molecule has 0 bridgehead atoms. The lowest BCUT2D eigenvalue weighted by molar-refractivity contribution is -0.113. The van der Waals surface area contributed by atoms with Crippen LogP contribution in [-0.4, -0.2) is 27.0 Å². The fraction of sp³-hybridized carbons (Fsp3) is 0.136. The zero-order valence-corrected chi connectivity index (χ0v) is 16.8. The maximum atomic E-state index is 13.2. The highest BCUT2D eigenvalue weighted by Gasteiger charge is 2.33. The van der Waals surface area contributed by atoms with E-state index in [9.17, 15) is 14.4 Å². The topological polar surface area (TPSA) is 84.6 Å². The first-order valence-corrected chi connectivity index (χ1v) is 10.3. The predicted molar refractivity (Wildman–Crippen MR) is 115 cm³/mol. The fourth-order valence-electron chi connectivity index (χ4n) is 3.71. The van der Waals surface area contributed by atoms with Crippen LogP contribution < -0.4 is 20.6 Å². The van der Waals surface area contributed by atoms with Crippen molar-refractivity contribution in [3.63, 3.8) is 0 Å². The molecular formula is C22H16N4O3S. The number of benzene rings is 2. The predicted octanol–water partition coefficient (Wildman–Crippen LogP) is 1.39. The number of rotatable bonds is 3. The molecule has 0 atom stereocenters. The molecule has 2 aromatic heterocycles. The number of anilines is 1. The number of hydrogen-bond acceptors (Lipinski definition) is 6. The number of carbonyl (C=O) groups excluding carboxylic acids is 1. The van der Waals surface area contributed by atoms with Crippen LogP contribution >= 0.6 is 11.3 Å². The van der Waals surface area contributed by atoms with Crippen LogP contribution in [0.4, 0.5) is 5.69 Å². The summed E-state index contributed by atoms with van der Waals surface area (Å²) in [5, 5.41) is 4.28. The van der Waals surface area contributed by atoms with Crippen LogP contribution in [0.5, 0.6) is 0 Å². The Hall–Kier alpha value is -3.65. The molecule has 4 aromatic rings. The summed E-state index contributed by atoms with van der Waals surface area (Å²) in [5.41, 5.74) is 2.01. The van der Waals surface area contributed by atoms with E-state index >= 15 is 0 Å². The number of likely N-dealkylation sites (N-methyl/N-ethyl adjacent to an activating group) is 1. The standard InChI is InChI=1S/C22H16N4O3S/c1-2-25-16-11-7-6-10-14(16)17(20(25)28)18-21(29)26-22(30-18)23-19(27)15(24-26)12-13-8-4-3-5-9-13/h3-11H,2,12H2,1H3. The van der Waals surface area contributed by atoms with Gasteiger partial charge in [-0.3, -0.25) is 14.4 Å². The van der Waals surface area contributed by atoms with Gasteiger partial charge in [-0.25, -0.2) is 0 Å². The summed E-state index contributed by atoms with van der Waals surface area (Å²) < 4.78 is 1.39. The summed E-state index contributed by atoms with van der Waals surface area (Å²) in [7, 11) is 0. The molecule has 0 fully saturated rings. The van der Waals surface area contributed by atoms with Crippen LogP contribution in [0, 0.1) is 0 Å². The van der Waals surface area contributed by atoms with Crippen LogP contribution in [0.25, 0.3) is 10.5 Å². The Labute approximate surface area is 174 Å². The van der Waals surface area contributed by atoms with E-state index in [0.717, 1.165) is 27.1 Å². The largest absolute Gasteiger partial charge is 0.308 e. The number of para-hydroxylation sites is 1. The van der Waals surface area contributed by atoms with Gasteiger partial charge < -0.3 is 4.90 Å². The first kappa shape index (κ1) is 18.4. The molecule has 0 N–H and O–H groups in total. The van der Waals surface area contributed by atoms with E-state index in [1.165, 1.54) is 0 Å². The summed E-state index contributed by atoms with van der Waals surface area (Å²) in [6.07, 6.45) is 0.280. The van der Waals surface area contributed by atoms with Gasteiger partial charge in [0.15, 0.2) is 0 Å². The lowest BCUT2D eigenvalue weighted by atomic mass is 10.1. The monoisotopic (exact) mass is 416 g/mol. The Kier molecular flexibility index (Phi) is 4.29. The minimum atomic E-state index is -0.468. The van der Waals surface area contributed by atoms with E-state index < -0.39 is 11.1 Å². The van der Waals surface area contributed by atoms with Crippen molar-refractivity contribution >= 4 is 33.5 Å². The van der Waals surface area contributed by atoms with Gasteiger partial charge in [0, 0.05) is 18.5 Å². The maximum Gasteiger partial charge on any atom is 0.296 e. The first-order valence-electron chi connectivity index (χ1n) is 9.50. The van der Waals surface area contributed by atoms with Crippen molar-refractivity contribution in [3.8, 4) is 0 Å². The van der Waals surface area contributed by atoms with Crippen LogP contribution in [0.2, 0.25) is 0 Å². The molecule has 1 aliphatic rings. The molecule has 0 saturated heterocycles. The molecule has 2 aromatic carbocycles. The van der Waals surface area contributed by atoms with Crippen LogP contribution in [0.1, 0.15) is 23.7 Å². The quantitative estimate of drug-likeness (QED) is 0.504. The third-order valence-electron chi connectivity index (χ3n) is 5.11. The van der Waals surface area contributed by atoms with Gasteiger partial charge in [-0.2, -0.15) is 14.6 Å². The lowest BCUT2D eigenvalue weighted by Crippen LogP contribution is -2.33. The van der Waals surface area contributed by atoms with Crippen molar-refractivity contribution in [1.29, 1.82) is 0 Å². The molecule has 148 valence electrons.